The Morgan fingerprint density at radius 1 is 1.17 bits per heavy atom. The van der Waals surface area contributed by atoms with Gasteiger partial charge >= 0.3 is 0 Å². The fourth-order valence-corrected chi connectivity index (χ4v) is 3.86. The van der Waals surface area contributed by atoms with Gasteiger partial charge in [-0.2, -0.15) is 0 Å². The Kier molecular flexibility index (Phi) is 5.18. The number of morpholine rings is 1. The molecule has 0 bridgehead atoms. The molecule has 0 aromatic heterocycles. The molecule has 7 heteroatoms. The van der Waals surface area contributed by atoms with Crippen molar-refractivity contribution in [3.63, 3.8) is 0 Å². The van der Waals surface area contributed by atoms with Gasteiger partial charge in [0.05, 0.1) is 25.4 Å². The van der Waals surface area contributed by atoms with Crippen molar-refractivity contribution in [3.8, 4) is 0 Å². The molecule has 0 saturated carbocycles. The molecular weight excluding hydrogens is 298 g/mol. The molecule has 0 aliphatic carbocycles. The van der Waals surface area contributed by atoms with E-state index in [0.717, 1.165) is 32.5 Å². The van der Waals surface area contributed by atoms with Crippen molar-refractivity contribution in [2.45, 2.75) is 31.4 Å². The smallest absolute Gasteiger partial charge is 0.235 e. The molecule has 3 heterocycles. The topological polar surface area (TPSA) is 73.3 Å². The van der Waals surface area contributed by atoms with Crippen LogP contribution in [0.3, 0.4) is 0 Å². The maximum Gasteiger partial charge on any atom is 0.235 e. The molecule has 0 radical (unpaired) electrons. The van der Waals surface area contributed by atoms with Crippen molar-refractivity contribution in [1.29, 1.82) is 0 Å². The maximum absolute atomic E-state index is 12.8. The standard InChI is InChI=1S/C16H27N3O4/c1-17-5-3-2-4-12(15(17)21)16(22)19-10-13(14(20)11-19)18-6-8-23-9-7-18/h12-14,20H,2-11H2,1H3/t12?,13-,14-/m1/s1. The lowest BCUT2D eigenvalue weighted by atomic mass is 10.0. The number of aliphatic hydroxyl groups is 1. The van der Waals surface area contributed by atoms with Crippen molar-refractivity contribution in [3.05, 3.63) is 0 Å². The largest absolute Gasteiger partial charge is 0.390 e. The van der Waals surface area contributed by atoms with E-state index < -0.39 is 12.0 Å². The molecule has 3 atom stereocenters. The molecule has 3 fully saturated rings. The van der Waals surface area contributed by atoms with E-state index in [4.69, 9.17) is 4.74 Å². The van der Waals surface area contributed by atoms with Gasteiger partial charge in [0, 0.05) is 39.8 Å². The number of ether oxygens (including phenoxy) is 1. The fraction of sp³-hybridized carbons (Fsp3) is 0.875. The highest BCUT2D eigenvalue weighted by molar-refractivity contribution is 6.00. The number of β-amino-alcohol motifs (C(OH)–C–C–N with tert-alkyl or cyclic N) is 1. The summed E-state index contributed by atoms with van der Waals surface area (Å²) in [5, 5.41) is 10.4. The number of carbonyl (C=O) groups excluding carboxylic acids is 2. The normalized spacial score (nSPS) is 33.8. The second-order valence-electron chi connectivity index (χ2n) is 6.83. The van der Waals surface area contributed by atoms with Crippen LogP contribution in [0.5, 0.6) is 0 Å². The van der Waals surface area contributed by atoms with E-state index >= 15 is 0 Å². The summed E-state index contributed by atoms with van der Waals surface area (Å²) in [5.41, 5.74) is 0. The third-order valence-corrected chi connectivity index (χ3v) is 5.29. The predicted molar refractivity (Wildman–Crippen MR) is 83.7 cm³/mol. The molecular formula is C16H27N3O4. The first-order valence-corrected chi connectivity index (χ1v) is 8.61. The van der Waals surface area contributed by atoms with Crippen LogP contribution in [0.25, 0.3) is 0 Å². The van der Waals surface area contributed by atoms with Gasteiger partial charge in [-0.3, -0.25) is 14.5 Å². The van der Waals surface area contributed by atoms with E-state index in [1.807, 2.05) is 0 Å². The highest BCUT2D eigenvalue weighted by atomic mass is 16.5. The van der Waals surface area contributed by atoms with Crippen LogP contribution >= 0.6 is 0 Å². The molecule has 130 valence electrons. The molecule has 3 rings (SSSR count). The minimum absolute atomic E-state index is 0.0403. The Labute approximate surface area is 137 Å². The first kappa shape index (κ1) is 16.7. The van der Waals surface area contributed by atoms with Crippen molar-refractivity contribution in [2.75, 3.05) is 53.0 Å². The summed E-state index contributed by atoms with van der Waals surface area (Å²) < 4.78 is 5.35. The molecule has 3 aliphatic heterocycles. The van der Waals surface area contributed by atoms with Crippen LogP contribution in [0.2, 0.25) is 0 Å². The summed E-state index contributed by atoms with van der Waals surface area (Å²) in [6.07, 6.45) is 1.92. The van der Waals surface area contributed by atoms with Crippen LogP contribution in [0.1, 0.15) is 19.3 Å². The van der Waals surface area contributed by atoms with Crippen molar-refractivity contribution >= 4 is 11.8 Å². The number of likely N-dealkylation sites (tertiary alicyclic amines) is 2. The Bertz CT molecular complexity index is 453. The summed E-state index contributed by atoms with van der Waals surface area (Å²) in [6.45, 7) is 4.47. The van der Waals surface area contributed by atoms with Gasteiger partial charge in [-0.15, -0.1) is 0 Å². The van der Waals surface area contributed by atoms with Crippen LogP contribution in [0.15, 0.2) is 0 Å². The first-order valence-electron chi connectivity index (χ1n) is 8.61. The van der Waals surface area contributed by atoms with E-state index in [0.29, 0.717) is 32.7 Å². The maximum atomic E-state index is 12.8. The van der Waals surface area contributed by atoms with Gasteiger partial charge in [-0.25, -0.2) is 0 Å². The Balaban J connectivity index is 1.64. The van der Waals surface area contributed by atoms with Gasteiger partial charge in [-0.1, -0.05) is 6.42 Å². The molecule has 2 amide bonds. The quantitative estimate of drug-likeness (QED) is 0.670. The van der Waals surface area contributed by atoms with Gasteiger partial charge in [0.15, 0.2) is 0 Å². The van der Waals surface area contributed by atoms with Crippen molar-refractivity contribution in [1.82, 2.24) is 14.7 Å². The molecule has 0 spiro atoms. The predicted octanol–water partition coefficient (Wildman–Crippen LogP) is -0.851. The van der Waals surface area contributed by atoms with Gasteiger partial charge in [0.25, 0.3) is 0 Å². The number of hydrogen-bond donors (Lipinski definition) is 1. The monoisotopic (exact) mass is 325 g/mol. The number of rotatable bonds is 2. The minimum Gasteiger partial charge on any atom is -0.390 e. The van der Waals surface area contributed by atoms with Gasteiger partial charge in [-0.05, 0) is 12.8 Å². The average Bonchev–Trinajstić information content (AvgIpc) is 2.88. The Morgan fingerprint density at radius 3 is 2.65 bits per heavy atom. The second-order valence-corrected chi connectivity index (χ2v) is 6.83. The highest BCUT2D eigenvalue weighted by Gasteiger charge is 2.42. The van der Waals surface area contributed by atoms with Crippen LogP contribution in [-0.4, -0.2) is 96.8 Å². The molecule has 0 aromatic carbocycles. The van der Waals surface area contributed by atoms with Crippen LogP contribution in [0.4, 0.5) is 0 Å². The zero-order chi connectivity index (χ0) is 16.4. The van der Waals surface area contributed by atoms with E-state index in [1.54, 1.807) is 16.8 Å². The summed E-state index contributed by atoms with van der Waals surface area (Å²) in [7, 11) is 1.77. The molecule has 0 aromatic rings. The zero-order valence-corrected chi connectivity index (χ0v) is 13.8. The average molecular weight is 325 g/mol. The first-order chi connectivity index (χ1) is 11.1. The van der Waals surface area contributed by atoms with Gasteiger partial charge < -0.3 is 19.6 Å². The zero-order valence-electron chi connectivity index (χ0n) is 13.8. The molecule has 1 unspecified atom stereocenters. The number of aliphatic hydroxyl groups excluding tert-OH is 1. The van der Waals surface area contributed by atoms with E-state index in [9.17, 15) is 14.7 Å². The van der Waals surface area contributed by atoms with Crippen LogP contribution < -0.4 is 0 Å². The second kappa shape index (κ2) is 7.15. The summed E-state index contributed by atoms with van der Waals surface area (Å²) >= 11 is 0. The Morgan fingerprint density at radius 2 is 1.91 bits per heavy atom. The number of nitrogens with zero attached hydrogens (tertiary/aromatic N) is 3. The summed E-state index contributed by atoms with van der Waals surface area (Å²) in [4.78, 5) is 30.8. The van der Waals surface area contributed by atoms with Crippen molar-refractivity contribution < 1.29 is 19.4 Å². The third kappa shape index (κ3) is 3.51. The van der Waals surface area contributed by atoms with Crippen molar-refractivity contribution in [2.24, 2.45) is 5.92 Å². The van der Waals surface area contributed by atoms with Gasteiger partial charge in [0.2, 0.25) is 11.8 Å². The lowest BCUT2D eigenvalue weighted by Crippen LogP contribution is -2.49. The molecule has 7 nitrogen and oxygen atoms in total. The molecule has 1 N–H and O–H groups in total. The number of hydrogen-bond acceptors (Lipinski definition) is 5. The third-order valence-electron chi connectivity index (χ3n) is 5.29. The van der Waals surface area contributed by atoms with Crippen LogP contribution in [0, 0.1) is 5.92 Å². The lowest BCUT2D eigenvalue weighted by molar-refractivity contribution is -0.145. The van der Waals surface area contributed by atoms with Crippen LogP contribution in [-0.2, 0) is 14.3 Å². The lowest BCUT2D eigenvalue weighted by Gasteiger charge is -2.33. The SMILES string of the molecule is CN1CCCCC(C(=O)N2C[C@@H](O)[C@H](N3CCOCC3)C2)C1=O. The van der Waals surface area contributed by atoms with E-state index in [-0.39, 0.29) is 17.9 Å². The Hall–Kier alpha value is -1.18. The number of amides is 2. The molecule has 3 aliphatic rings. The van der Waals surface area contributed by atoms with E-state index in [2.05, 4.69) is 4.90 Å². The van der Waals surface area contributed by atoms with E-state index in [1.165, 1.54) is 0 Å². The van der Waals surface area contributed by atoms with Gasteiger partial charge in [0.1, 0.15) is 5.92 Å². The number of carbonyl (C=O) groups is 2. The summed E-state index contributed by atoms with van der Waals surface area (Å²) in [6, 6.07) is -0.0403. The fourth-order valence-electron chi connectivity index (χ4n) is 3.86. The molecule has 23 heavy (non-hydrogen) atoms. The highest BCUT2D eigenvalue weighted by Crippen LogP contribution is 2.24. The minimum atomic E-state index is -0.571. The molecule has 3 saturated heterocycles. The summed E-state index contributed by atoms with van der Waals surface area (Å²) in [5.74, 6) is -0.756.